The zero-order valence-electron chi connectivity index (χ0n) is 11.6. The van der Waals surface area contributed by atoms with Crippen LogP contribution in [0.15, 0.2) is 18.2 Å². The molecule has 0 saturated carbocycles. The Bertz CT molecular complexity index is 475. The van der Waals surface area contributed by atoms with E-state index in [9.17, 15) is 9.18 Å². The average molecular weight is 300 g/mol. The number of amides is 1. The van der Waals surface area contributed by atoms with Gasteiger partial charge in [0.2, 0.25) is 0 Å². The first-order valence-corrected chi connectivity index (χ1v) is 7.28. The maximum Gasteiger partial charge on any atom is 0.255 e. The second kappa shape index (κ2) is 7.04. The van der Waals surface area contributed by atoms with Crippen LogP contribution in [0.4, 0.5) is 4.39 Å². The Morgan fingerprint density at radius 2 is 2.35 bits per heavy atom. The Balaban J connectivity index is 1.86. The van der Waals surface area contributed by atoms with Crippen LogP contribution < -0.4 is 0 Å². The van der Waals surface area contributed by atoms with E-state index in [1.54, 1.807) is 11.9 Å². The Kier molecular flexibility index (Phi) is 5.38. The molecule has 0 radical (unpaired) electrons. The van der Waals surface area contributed by atoms with Gasteiger partial charge in [-0.2, -0.15) is 0 Å². The summed E-state index contributed by atoms with van der Waals surface area (Å²) in [5.41, 5.74) is 0.214. The van der Waals surface area contributed by atoms with Gasteiger partial charge in [-0.05, 0) is 43.9 Å². The molecular formula is C15H19ClFNO2. The normalized spacial score (nSPS) is 18.2. The number of halogens is 2. The fraction of sp³-hybridized carbons (Fsp3) is 0.533. The van der Waals surface area contributed by atoms with Gasteiger partial charge in [0, 0.05) is 20.2 Å². The number of nitrogens with zero attached hydrogens (tertiary/aromatic N) is 1. The number of hydrogen-bond donors (Lipinski definition) is 0. The highest BCUT2D eigenvalue weighted by molar-refractivity contribution is 6.33. The van der Waals surface area contributed by atoms with E-state index < -0.39 is 5.82 Å². The summed E-state index contributed by atoms with van der Waals surface area (Å²) in [6.45, 7) is 1.46. The molecule has 0 N–H and O–H groups in total. The van der Waals surface area contributed by atoms with Crippen LogP contribution in [0, 0.1) is 5.82 Å². The maximum absolute atomic E-state index is 13.2. The molecule has 5 heteroatoms. The van der Waals surface area contributed by atoms with Crippen molar-refractivity contribution in [2.24, 2.45) is 0 Å². The van der Waals surface area contributed by atoms with Crippen LogP contribution in [0.25, 0.3) is 0 Å². The minimum atomic E-state index is -0.453. The van der Waals surface area contributed by atoms with Crippen molar-refractivity contribution in [1.29, 1.82) is 0 Å². The lowest BCUT2D eigenvalue weighted by molar-refractivity contribution is 0.0763. The van der Waals surface area contributed by atoms with Gasteiger partial charge >= 0.3 is 0 Å². The topological polar surface area (TPSA) is 29.5 Å². The molecule has 1 saturated heterocycles. The van der Waals surface area contributed by atoms with Crippen LogP contribution >= 0.6 is 11.6 Å². The highest BCUT2D eigenvalue weighted by Crippen LogP contribution is 2.20. The molecule has 0 bridgehead atoms. The average Bonchev–Trinajstić information content (AvgIpc) is 2.94. The summed E-state index contributed by atoms with van der Waals surface area (Å²) in [6.07, 6.45) is 4.39. The number of rotatable bonds is 5. The van der Waals surface area contributed by atoms with Crippen molar-refractivity contribution in [1.82, 2.24) is 4.90 Å². The van der Waals surface area contributed by atoms with E-state index in [1.807, 2.05) is 0 Å². The van der Waals surface area contributed by atoms with Gasteiger partial charge in [-0.15, -0.1) is 0 Å². The summed E-state index contributed by atoms with van der Waals surface area (Å²) >= 11 is 5.94. The van der Waals surface area contributed by atoms with Crippen molar-refractivity contribution >= 4 is 17.5 Å². The number of carbonyl (C=O) groups excluding carboxylic acids is 1. The van der Waals surface area contributed by atoms with Crippen molar-refractivity contribution in [2.75, 3.05) is 20.2 Å². The Labute approximate surface area is 123 Å². The molecule has 0 spiro atoms. The lowest BCUT2D eigenvalue weighted by atomic mass is 10.1. The van der Waals surface area contributed by atoms with E-state index in [-0.39, 0.29) is 16.5 Å². The van der Waals surface area contributed by atoms with Gasteiger partial charge in [0.15, 0.2) is 0 Å². The molecule has 1 atom stereocenters. The molecule has 3 nitrogen and oxygen atoms in total. The van der Waals surface area contributed by atoms with E-state index in [4.69, 9.17) is 16.3 Å². The number of benzene rings is 1. The summed E-state index contributed by atoms with van der Waals surface area (Å²) in [5.74, 6) is -0.702. The van der Waals surface area contributed by atoms with Crippen LogP contribution in [0.5, 0.6) is 0 Å². The highest BCUT2D eigenvalue weighted by Gasteiger charge is 2.18. The summed E-state index contributed by atoms with van der Waals surface area (Å²) in [7, 11) is 1.71. The maximum atomic E-state index is 13.2. The van der Waals surface area contributed by atoms with Crippen molar-refractivity contribution in [3.63, 3.8) is 0 Å². The smallest absolute Gasteiger partial charge is 0.255 e. The van der Waals surface area contributed by atoms with E-state index in [2.05, 4.69) is 0 Å². The standard InChI is InChI=1S/C15H19ClFNO2/c1-18(8-2-4-12-5-3-9-20-12)15(19)13-10-11(17)6-7-14(13)16/h6-7,10,12H,2-5,8-9H2,1H3. The Hall–Kier alpha value is -1.13. The molecule has 1 amide bonds. The molecule has 110 valence electrons. The molecule has 1 aromatic rings. The van der Waals surface area contributed by atoms with Crippen LogP contribution in [0.3, 0.4) is 0 Å². The molecular weight excluding hydrogens is 281 g/mol. The van der Waals surface area contributed by atoms with E-state index in [1.165, 1.54) is 18.2 Å². The largest absolute Gasteiger partial charge is 0.378 e. The van der Waals surface area contributed by atoms with Gasteiger partial charge in [0.25, 0.3) is 5.91 Å². The van der Waals surface area contributed by atoms with Gasteiger partial charge in [-0.3, -0.25) is 4.79 Å². The molecule has 1 aliphatic rings. The molecule has 1 aliphatic heterocycles. The Morgan fingerprint density at radius 1 is 1.55 bits per heavy atom. The van der Waals surface area contributed by atoms with Crippen molar-refractivity contribution < 1.29 is 13.9 Å². The van der Waals surface area contributed by atoms with E-state index >= 15 is 0 Å². The van der Waals surface area contributed by atoms with Crippen LogP contribution in [-0.2, 0) is 4.74 Å². The molecule has 1 heterocycles. The van der Waals surface area contributed by atoms with E-state index in [0.29, 0.717) is 12.6 Å². The summed E-state index contributed by atoms with van der Waals surface area (Å²) in [6, 6.07) is 3.84. The third-order valence-corrected chi connectivity index (χ3v) is 3.88. The first-order valence-electron chi connectivity index (χ1n) is 6.90. The fourth-order valence-electron chi connectivity index (χ4n) is 2.40. The number of hydrogen-bond acceptors (Lipinski definition) is 2. The lowest BCUT2D eigenvalue weighted by Crippen LogP contribution is -2.28. The van der Waals surface area contributed by atoms with Crippen LogP contribution in [-0.4, -0.2) is 37.1 Å². The molecule has 0 aliphatic carbocycles. The van der Waals surface area contributed by atoms with Crippen molar-refractivity contribution in [3.05, 3.63) is 34.6 Å². The molecule has 1 unspecified atom stereocenters. The first-order chi connectivity index (χ1) is 9.58. The highest BCUT2D eigenvalue weighted by atomic mass is 35.5. The third-order valence-electron chi connectivity index (χ3n) is 3.55. The lowest BCUT2D eigenvalue weighted by Gasteiger charge is -2.19. The Morgan fingerprint density at radius 3 is 3.05 bits per heavy atom. The number of carbonyl (C=O) groups is 1. The number of ether oxygens (including phenoxy) is 1. The van der Waals surface area contributed by atoms with Gasteiger partial charge in [0.05, 0.1) is 16.7 Å². The van der Waals surface area contributed by atoms with Gasteiger partial charge in [-0.1, -0.05) is 11.6 Å². The van der Waals surface area contributed by atoms with E-state index in [0.717, 1.165) is 32.3 Å². The minimum Gasteiger partial charge on any atom is -0.378 e. The fourth-order valence-corrected chi connectivity index (χ4v) is 2.60. The van der Waals surface area contributed by atoms with Crippen LogP contribution in [0.2, 0.25) is 5.02 Å². The minimum absolute atomic E-state index is 0.214. The van der Waals surface area contributed by atoms with Crippen molar-refractivity contribution in [3.8, 4) is 0 Å². The third kappa shape index (κ3) is 3.93. The zero-order valence-corrected chi connectivity index (χ0v) is 12.3. The zero-order chi connectivity index (χ0) is 14.5. The first kappa shape index (κ1) is 15.3. The second-order valence-corrected chi connectivity index (χ2v) is 5.54. The summed E-state index contributed by atoms with van der Waals surface area (Å²) in [5, 5.41) is 0.280. The van der Waals surface area contributed by atoms with Crippen molar-refractivity contribution in [2.45, 2.75) is 31.8 Å². The van der Waals surface area contributed by atoms with Gasteiger partial charge in [-0.25, -0.2) is 4.39 Å². The molecule has 20 heavy (non-hydrogen) atoms. The SMILES string of the molecule is CN(CCCC1CCCO1)C(=O)c1cc(F)ccc1Cl. The van der Waals surface area contributed by atoms with Gasteiger partial charge in [0.1, 0.15) is 5.82 Å². The van der Waals surface area contributed by atoms with Crippen LogP contribution in [0.1, 0.15) is 36.0 Å². The predicted molar refractivity (Wildman–Crippen MR) is 76.6 cm³/mol. The molecule has 2 rings (SSSR count). The summed E-state index contributed by atoms with van der Waals surface area (Å²) in [4.78, 5) is 13.8. The molecule has 1 aromatic carbocycles. The quantitative estimate of drug-likeness (QED) is 0.832. The second-order valence-electron chi connectivity index (χ2n) is 5.13. The van der Waals surface area contributed by atoms with Gasteiger partial charge < -0.3 is 9.64 Å². The predicted octanol–water partition coefficient (Wildman–Crippen LogP) is 3.51. The molecule has 0 aromatic heterocycles. The monoisotopic (exact) mass is 299 g/mol. The summed E-state index contributed by atoms with van der Waals surface area (Å²) < 4.78 is 18.7. The molecule has 1 fully saturated rings.